The molecule has 2 amide bonds. The Kier molecular flexibility index (Phi) is 7.06. The Balaban J connectivity index is 1.56. The molecular weight excluding hydrogens is 530 g/mol. The van der Waals surface area contributed by atoms with Crippen molar-refractivity contribution in [1.29, 1.82) is 0 Å². The van der Waals surface area contributed by atoms with Crippen LogP contribution in [-0.4, -0.2) is 43.5 Å². The van der Waals surface area contributed by atoms with Crippen molar-refractivity contribution in [2.45, 2.75) is 26.3 Å². The van der Waals surface area contributed by atoms with E-state index in [2.05, 4.69) is 0 Å². The SMILES string of the molecule is Cc1cccn2c(=O)c(C=C3SC(=S)N(Cc4ccccc4Cl)C3=O)c(N3CCC(C(N)=O)CC3)nc12. The first-order valence-electron chi connectivity index (χ1n) is 11.8. The van der Waals surface area contributed by atoms with E-state index in [1.54, 1.807) is 24.4 Å². The summed E-state index contributed by atoms with van der Waals surface area (Å²) in [4.78, 5) is 47.4. The van der Waals surface area contributed by atoms with Crippen molar-refractivity contribution in [3.05, 3.63) is 79.6 Å². The Hall–Kier alpha value is -3.21. The molecule has 5 rings (SSSR count). The minimum Gasteiger partial charge on any atom is -0.369 e. The maximum Gasteiger partial charge on any atom is 0.267 e. The van der Waals surface area contributed by atoms with Crippen LogP contribution in [-0.2, 0) is 16.1 Å². The van der Waals surface area contributed by atoms with Crippen LogP contribution in [0.3, 0.4) is 0 Å². The van der Waals surface area contributed by atoms with Crippen molar-refractivity contribution >= 4 is 69.3 Å². The summed E-state index contributed by atoms with van der Waals surface area (Å²) in [5.74, 6) is -0.325. The van der Waals surface area contributed by atoms with Crippen LogP contribution in [0.1, 0.15) is 29.5 Å². The second-order valence-corrected chi connectivity index (χ2v) is 11.1. The minimum atomic E-state index is -0.315. The van der Waals surface area contributed by atoms with Gasteiger partial charge in [-0.25, -0.2) is 4.98 Å². The lowest BCUT2D eigenvalue weighted by atomic mass is 9.96. The number of pyridine rings is 1. The third-order valence-corrected chi connectivity index (χ3v) is 8.44. The van der Waals surface area contributed by atoms with Crippen LogP contribution in [0.25, 0.3) is 11.7 Å². The molecule has 2 aromatic heterocycles. The number of anilines is 1. The highest BCUT2D eigenvalue weighted by Gasteiger charge is 2.34. The maximum absolute atomic E-state index is 13.7. The van der Waals surface area contributed by atoms with Gasteiger partial charge in [-0.1, -0.05) is 59.8 Å². The number of thiocarbonyl (C=S) groups is 1. The highest BCUT2D eigenvalue weighted by Crippen LogP contribution is 2.35. The van der Waals surface area contributed by atoms with E-state index in [1.807, 2.05) is 36.1 Å². The second-order valence-electron chi connectivity index (χ2n) is 9.06. The second kappa shape index (κ2) is 10.3. The molecule has 2 N–H and O–H groups in total. The molecule has 2 aliphatic heterocycles. The zero-order valence-electron chi connectivity index (χ0n) is 20.0. The molecule has 2 saturated heterocycles. The van der Waals surface area contributed by atoms with Crippen LogP contribution in [0.2, 0.25) is 5.02 Å². The molecule has 3 aromatic rings. The number of amides is 2. The number of hydrogen-bond donors (Lipinski definition) is 1. The predicted octanol–water partition coefficient (Wildman–Crippen LogP) is 3.76. The Morgan fingerprint density at radius 3 is 2.65 bits per heavy atom. The molecular formula is C26H24ClN5O3S2. The van der Waals surface area contributed by atoms with Gasteiger partial charge in [-0.05, 0) is 49.1 Å². The molecule has 0 saturated carbocycles. The zero-order chi connectivity index (χ0) is 26.3. The van der Waals surface area contributed by atoms with Gasteiger partial charge in [-0.2, -0.15) is 0 Å². The number of primary amides is 1. The maximum atomic E-state index is 13.7. The first-order chi connectivity index (χ1) is 17.7. The van der Waals surface area contributed by atoms with Crippen molar-refractivity contribution in [3.8, 4) is 0 Å². The first kappa shape index (κ1) is 25.4. The molecule has 0 unspecified atom stereocenters. The number of aromatic nitrogens is 2. The smallest absolute Gasteiger partial charge is 0.267 e. The molecule has 1 aromatic carbocycles. The van der Waals surface area contributed by atoms with E-state index >= 15 is 0 Å². The molecule has 2 aliphatic rings. The third kappa shape index (κ3) is 4.88. The minimum absolute atomic E-state index is 0.205. The molecule has 0 aliphatic carbocycles. The largest absolute Gasteiger partial charge is 0.369 e. The summed E-state index contributed by atoms with van der Waals surface area (Å²) < 4.78 is 1.88. The number of nitrogens with zero attached hydrogens (tertiary/aromatic N) is 4. The summed E-state index contributed by atoms with van der Waals surface area (Å²) in [6, 6.07) is 11.0. The molecule has 0 bridgehead atoms. The van der Waals surface area contributed by atoms with Gasteiger partial charge < -0.3 is 10.6 Å². The molecule has 8 nitrogen and oxygen atoms in total. The molecule has 4 heterocycles. The number of nitrogens with two attached hydrogens (primary N) is 1. The normalized spacial score (nSPS) is 17.8. The van der Waals surface area contributed by atoms with Crippen LogP contribution < -0.4 is 16.2 Å². The number of hydrogen-bond acceptors (Lipinski definition) is 7. The van der Waals surface area contributed by atoms with Gasteiger partial charge in [0.2, 0.25) is 5.91 Å². The van der Waals surface area contributed by atoms with Crippen molar-refractivity contribution in [2.24, 2.45) is 11.7 Å². The Bertz CT molecular complexity index is 1530. The highest BCUT2D eigenvalue weighted by atomic mass is 35.5. The van der Waals surface area contributed by atoms with Crippen LogP contribution in [0.4, 0.5) is 5.82 Å². The Morgan fingerprint density at radius 2 is 1.95 bits per heavy atom. The number of fused-ring (bicyclic) bond motifs is 1. The van der Waals surface area contributed by atoms with Gasteiger partial charge in [0.05, 0.1) is 17.0 Å². The number of halogens is 1. The Morgan fingerprint density at radius 1 is 1.22 bits per heavy atom. The third-order valence-electron chi connectivity index (χ3n) is 6.70. The lowest BCUT2D eigenvalue weighted by Gasteiger charge is -2.32. The van der Waals surface area contributed by atoms with Gasteiger partial charge in [0.1, 0.15) is 15.8 Å². The quantitative estimate of drug-likeness (QED) is 0.379. The van der Waals surface area contributed by atoms with Gasteiger partial charge >= 0.3 is 0 Å². The van der Waals surface area contributed by atoms with E-state index < -0.39 is 0 Å². The van der Waals surface area contributed by atoms with E-state index in [1.165, 1.54) is 9.30 Å². The number of aryl methyl sites for hydroxylation is 1. The standard InChI is InChI=1S/C26H24ClN5O3S2/c1-15-5-4-10-31-22(15)29-23(30-11-8-16(9-12-30)21(28)33)18(24(31)34)13-20-25(35)32(26(36)37-20)14-17-6-2-3-7-19(17)27/h2-7,10,13,16H,8-9,11-12,14H2,1H3,(H2,28,33). The molecule has 11 heteroatoms. The average molecular weight is 554 g/mol. The Labute approximate surface area is 228 Å². The van der Waals surface area contributed by atoms with E-state index in [0.717, 1.165) is 22.9 Å². The van der Waals surface area contributed by atoms with Crippen LogP contribution in [0, 0.1) is 12.8 Å². The van der Waals surface area contributed by atoms with Gasteiger partial charge in [0, 0.05) is 30.2 Å². The van der Waals surface area contributed by atoms with Crippen molar-refractivity contribution in [3.63, 3.8) is 0 Å². The summed E-state index contributed by atoms with van der Waals surface area (Å²) in [6.45, 7) is 3.18. The lowest BCUT2D eigenvalue weighted by molar-refractivity contribution is -0.123. The first-order valence-corrected chi connectivity index (χ1v) is 13.4. The average Bonchev–Trinajstić information content (AvgIpc) is 3.14. The molecule has 2 fully saturated rings. The predicted molar refractivity (Wildman–Crippen MR) is 150 cm³/mol. The van der Waals surface area contributed by atoms with Gasteiger partial charge in [0.15, 0.2) is 0 Å². The highest BCUT2D eigenvalue weighted by molar-refractivity contribution is 8.26. The monoisotopic (exact) mass is 553 g/mol. The number of carbonyl (C=O) groups is 2. The molecule has 0 spiro atoms. The molecule has 0 atom stereocenters. The van der Waals surface area contributed by atoms with Gasteiger partial charge in [0.25, 0.3) is 11.5 Å². The lowest BCUT2D eigenvalue weighted by Crippen LogP contribution is -2.40. The van der Waals surface area contributed by atoms with Crippen molar-refractivity contribution in [1.82, 2.24) is 14.3 Å². The number of rotatable bonds is 5. The van der Waals surface area contributed by atoms with Crippen LogP contribution in [0.15, 0.2) is 52.3 Å². The zero-order valence-corrected chi connectivity index (χ0v) is 22.4. The van der Waals surface area contributed by atoms with Crippen LogP contribution in [0.5, 0.6) is 0 Å². The van der Waals surface area contributed by atoms with E-state index in [4.69, 9.17) is 34.5 Å². The van der Waals surface area contributed by atoms with Crippen LogP contribution >= 0.6 is 35.6 Å². The van der Waals surface area contributed by atoms with Crippen molar-refractivity contribution in [2.75, 3.05) is 18.0 Å². The fourth-order valence-electron chi connectivity index (χ4n) is 4.61. The number of benzene rings is 1. The van der Waals surface area contributed by atoms with E-state index in [-0.39, 0.29) is 29.8 Å². The number of carbonyl (C=O) groups excluding carboxylic acids is 2. The van der Waals surface area contributed by atoms with Crippen molar-refractivity contribution < 1.29 is 9.59 Å². The fourth-order valence-corrected chi connectivity index (χ4v) is 6.04. The topological polar surface area (TPSA) is 101 Å². The summed E-state index contributed by atoms with van der Waals surface area (Å²) >= 11 is 13.0. The summed E-state index contributed by atoms with van der Waals surface area (Å²) in [5, 5.41) is 0.550. The van der Waals surface area contributed by atoms with E-state index in [9.17, 15) is 14.4 Å². The summed E-state index contributed by atoms with van der Waals surface area (Å²) in [7, 11) is 0. The molecule has 190 valence electrons. The van der Waals surface area contributed by atoms with E-state index in [0.29, 0.717) is 57.2 Å². The van der Waals surface area contributed by atoms with Gasteiger partial charge in [-0.15, -0.1) is 0 Å². The van der Waals surface area contributed by atoms with Gasteiger partial charge in [-0.3, -0.25) is 23.7 Å². The molecule has 0 radical (unpaired) electrons. The summed E-state index contributed by atoms with van der Waals surface area (Å²) in [5.41, 5.74) is 7.71. The summed E-state index contributed by atoms with van der Waals surface area (Å²) in [6.07, 6.45) is 4.40. The number of piperidine rings is 1. The molecule has 37 heavy (non-hydrogen) atoms. The number of thioether (sulfide) groups is 1. The fraction of sp³-hybridized carbons (Fsp3) is 0.269.